The van der Waals surface area contributed by atoms with Gasteiger partial charge in [0.25, 0.3) is 10.0 Å². The predicted molar refractivity (Wildman–Crippen MR) is 180 cm³/mol. The number of hydrogen-bond donors (Lipinski definition) is 1. The van der Waals surface area contributed by atoms with Gasteiger partial charge in [-0.2, -0.15) is 0 Å². The first kappa shape index (κ1) is 33.5. The highest BCUT2D eigenvalue weighted by Crippen LogP contribution is 2.27. The molecule has 2 amide bonds. The molecule has 0 aliphatic heterocycles. The fraction of sp³-hybridized carbons (Fsp3) is 0.297. The number of rotatable bonds is 14. The SMILES string of the molecule is CCCCNC(=O)[C@@H](Cc1ccccc1)N(Cc1ccccc1)C(=O)CN(c1cc(C)cc(C)c1)S(=O)(=O)c1ccc(C)cc1. The largest absolute Gasteiger partial charge is 0.354 e. The Morgan fingerprint density at radius 1 is 0.756 bits per heavy atom. The smallest absolute Gasteiger partial charge is 0.264 e. The third-order valence-corrected chi connectivity index (χ3v) is 9.47. The van der Waals surface area contributed by atoms with Gasteiger partial charge in [-0.05, 0) is 73.7 Å². The number of unbranched alkanes of at least 4 members (excludes halogenated alkanes) is 1. The fourth-order valence-electron chi connectivity index (χ4n) is 5.30. The number of amides is 2. The van der Waals surface area contributed by atoms with Gasteiger partial charge in [-0.3, -0.25) is 13.9 Å². The van der Waals surface area contributed by atoms with E-state index in [1.165, 1.54) is 9.21 Å². The van der Waals surface area contributed by atoms with Crippen LogP contribution in [-0.4, -0.2) is 44.3 Å². The molecule has 0 saturated heterocycles. The van der Waals surface area contributed by atoms with E-state index in [1.54, 1.807) is 36.4 Å². The van der Waals surface area contributed by atoms with Crippen molar-refractivity contribution in [3.63, 3.8) is 0 Å². The van der Waals surface area contributed by atoms with Crippen molar-refractivity contribution in [2.24, 2.45) is 0 Å². The number of nitrogens with one attached hydrogen (secondary N) is 1. The van der Waals surface area contributed by atoms with Gasteiger partial charge >= 0.3 is 0 Å². The van der Waals surface area contributed by atoms with Crippen molar-refractivity contribution in [3.05, 3.63) is 131 Å². The summed E-state index contributed by atoms with van der Waals surface area (Å²) in [5, 5.41) is 3.02. The van der Waals surface area contributed by atoms with Crippen LogP contribution in [0.3, 0.4) is 0 Å². The molecular formula is C37H43N3O4S. The predicted octanol–water partition coefficient (Wildman–Crippen LogP) is 6.36. The molecule has 0 spiro atoms. The Morgan fingerprint density at radius 3 is 1.91 bits per heavy atom. The number of anilines is 1. The second-order valence-electron chi connectivity index (χ2n) is 11.5. The summed E-state index contributed by atoms with van der Waals surface area (Å²) >= 11 is 0. The normalized spacial score (nSPS) is 11.9. The third kappa shape index (κ3) is 9.05. The number of hydrogen-bond acceptors (Lipinski definition) is 4. The van der Waals surface area contributed by atoms with E-state index in [9.17, 15) is 18.0 Å². The van der Waals surface area contributed by atoms with Crippen molar-refractivity contribution in [1.29, 1.82) is 0 Å². The van der Waals surface area contributed by atoms with Crippen molar-refractivity contribution in [2.75, 3.05) is 17.4 Å². The van der Waals surface area contributed by atoms with Gasteiger partial charge < -0.3 is 10.2 Å². The number of carbonyl (C=O) groups excluding carboxylic acids is 2. The van der Waals surface area contributed by atoms with Gasteiger partial charge in [0.05, 0.1) is 10.6 Å². The Hall–Kier alpha value is -4.43. The molecule has 0 bridgehead atoms. The highest BCUT2D eigenvalue weighted by atomic mass is 32.2. The van der Waals surface area contributed by atoms with Crippen LogP contribution >= 0.6 is 0 Å². The zero-order valence-electron chi connectivity index (χ0n) is 26.6. The van der Waals surface area contributed by atoms with E-state index >= 15 is 0 Å². The lowest BCUT2D eigenvalue weighted by Gasteiger charge is -2.34. The van der Waals surface area contributed by atoms with Crippen LogP contribution in [0.4, 0.5) is 5.69 Å². The molecule has 0 aliphatic carbocycles. The first-order valence-corrected chi connectivity index (χ1v) is 16.8. The molecule has 0 saturated carbocycles. The van der Waals surface area contributed by atoms with E-state index in [0.717, 1.165) is 40.7 Å². The third-order valence-electron chi connectivity index (χ3n) is 7.68. The van der Waals surface area contributed by atoms with Crippen LogP contribution < -0.4 is 9.62 Å². The zero-order chi connectivity index (χ0) is 32.4. The van der Waals surface area contributed by atoms with Crippen molar-refractivity contribution in [1.82, 2.24) is 10.2 Å². The fourth-order valence-corrected chi connectivity index (χ4v) is 6.70. The van der Waals surface area contributed by atoms with Crippen molar-refractivity contribution < 1.29 is 18.0 Å². The van der Waals surface area contributed by atoms with Crippen molar-refractivity contribution in [2.45, 2.75) is 64.4 Å². The van der Waals surface area contributed by atoms with E-state index in [2.05, 4.69) is 12.2 Å². The lowest BCUT2D eigenvalue weighted by molar-refractivity contribution is -0.140. The van der Waals surface area contributed by atoms with Crippen molar-refractivity contribution in [3.8, 4) is 0 Å². The van der Waals surface area contributed by atoms with Gasteiger partial charge in [-0.25, -0.2) is 8.42 Å². The molecule has 4 aromatic rings. The van der Waals surface area contributed by atoms with E-state index in [4.69, 9.17) is 0 Å². The standard InChI is InChI=1S/C37H43N3O4S/c1-5-6-21-38-37(42)35(25-31-13-9-7-10-14-31)39(26-32-15-11-8-12-16-32)36(41)27-40(33-23-29(3)22-30(4)24-33)45(43,44)34-19-17-28(2)18-20-34/h7-20,22-24,35H,5-6,21,25-27H2,1-4H3,(H,38,42)/t35-/m1/s1. The highest BCUT2D eigenvalue weighted by molar-refractivity contribution is 7.92. The van der Waals surface area contributed by atoms with Crippen LogP contribution in [0.1, 0.15) is 47.6 Å². The lowest BCUT2D eigenvalue weighted by atomic mass is 10.0. The first-order chi connectivity index (χ1) is 21.6. The molecule has 1 N–H and O–H groups in total. The maximum atomic E-state index is 14.5. The summed E-state index contributed by atoms with van der Waals surface area (Å²) in [7, 11) is -4.14. The molecule has 4 aromatic carbocycles. The Bertz CT molecular complexity index is 1650. The quantitative estimate of drug-likeness (QED) is 0.165. The maximum Gasteiger partial charge on any atom is 0.264 e. The van der Waals surface area contributed by atoms with Crippen LogP contribution in [-0.2, 0) is 32.6 Å². The number of nitrogens with zero attached hydrogens (tertiary/aromatic N) is 2. The van der Waals surface area contributed by atoms with E-state index in [1.807, 2.05) is 87.5 Å². The minimum absolute atomic E-state index is 0.0906. The molecule has 45 heavy (non-hydrogen) atoms. The molecule has 0 fully saturated rings. The zero-order valence-corrected chi connectivity index (χ0v) is 27.4. The summed E-state index contributed by atoms with van der Waals surface area (Å²) in [6, 6.07) is 30.3. The summed E-state index contributed by atoms with van der Waals surface area (Å²) in [6.07, 6.45) is 2.01. The molecule has 8 heteroatoms. The van der Waals surface area contributed by atoms with Crippen LogP contribution in [0.15, 0.2) is 108 Å². The van der Waals surface area contributed by atoms with Gasteiger partial charge in [0, 0.05) is 19.5 Å². The highest BCUT2D eigenvalue weighted by Gasteiger charge is 2.34. The number of sulfonamides is 1. The van der Waals surface area contributed by atoms with E-state index in [0.29, 0.717) is 12.2 Å². The summed E-state index contributed by atoms with van der Waals surface area (Å²) in [6.45, 7) is 7.89. The number of benzene rings is 4. The molecule has 0 aliphatic rings. The number of aryl methyl sites for hydroxylation is 3. The van der Waals surface area contributed by atoms with Crippen LogP contribution in [0.25, 0.3) is 0 Å². The van der Waals surface area contributed by atoms with Crippen molar-refractivity contribution >= 4 is 27.5 Å². The molecular weight excluding hydrogens is 582 g/mol. The Balaban J connectivity index is 1.80. The first-order valence-electron chi connectivity index (χ1n) is 15.4. The van der Waals surface area contributed by atoms with Gasteiger partial charge in [0.2, 0.25) is 11.8 Å². The average molecular weight is 626 g/mol. The Morgan fingerprint density at radius 2 is 1.33 bits per heavy atom. The summed E-state index contributed by atoms with van der Waals surface area (Å²) < 4.78 is 29.6. The van der Waals surface area contributed by atoms with Gasteiger partial charge in [0.15, 0.2) is 0 Å². The molecule has 0 heterocycles. The van der Waals surface area contributed by atoms with Gasteiger partial charge in [-0.15, -0.1) is 0 Å². The second kappa shape index (κ2) is 15.5. The summed E-state index contributed by atoms with van der Waals surface area (Å²) in [5.74, 6) is -0.740. The van der Waals surface area contributed by atoms with Crippen LogP contribution in [0.5, 0.6) is 0 Å². The Kier molecular flexibility index (Phi) is 11.5. The molecule has 236 valence electrons. The second-order valence-corrected chi connectivity index (χ2v) is 13.4. The van der Waals surface area contributed by atoms with Crippen LogP contribution in [0.2, 0.25) is 0 Å². The minimum atomic E-state index is -4.14. The molecule has 7 nitrogen and oxygen atoms in total. The molecule has 1 atom stereocenters. The van der Waals surface area contributed by atoms with E-state index in [-0.39, 0.29) is 23.8 Å². The maximum absolute atomic E-state index is 14.5. The number of carbonyl (C=O) groups is 2. The topological polar surface area (TPSA) is 86.8 Å². The minimum Gasteiger partial charge on any atom is -0.354 e. The Labute approximate surface area is 268 Å². The average Bonchev–Trinajstić information content (AvgIpc) is 3.02. The lowest BCUT2D eigenvalue weighted by Crippen LogP contribution is -2.53. The van der Waals surface area contributed by atoms with Gasteiger partial charge in [-0.1, -0.05) is 97.8 Å². The monoisotopic (exact) mass is 625 g/mol. The molecule has 4 rings (SSSR count). The van der Waals surface area contributed by atoms with Crippen LogP contribution in [0, 0.1) is 20.8 Å². The molecule has 0 radical (unpaired) electrons. The molecule has 0 aromatic heterocycles. The molecule has 0 unspecified atom stereocenters. The van der Waals surface area contributed by atoms with E-state index < -0.39 is 28.5 Å². The summed E-state index contributed by atoms with van der Waals surface area (Å²) in [5.41, 5.74) is 4.81. The van der Waals surface area contributed by atoms with Gasteiger partial charge in [0.1, 0.15) is 12.6 Å². The summed E-state index contributed by atoms with van der Waals surface area (Å²) in [4.78, 5) is 30.0.